The number of rotatable bonds is 7. The maximum absolute atomic E-state index is 12.3. The Kier molecular flexibility index (Phi) is 6.47. The van der Waals surface area contributed by atoms with Gasteiger partial charge in [0, 0.05) is 6.54 Å². The average Bonchev–Trinajstić information content (AvgIpc) is 2.55. The van der Waals surface area contributed by atoms with E-state index in [2.05, 4.69) is 4.72 Å². The standard InChI is InChI=1S/C17H20INO4S/c1-12-5-4-6-16(13(12)2)23-10-9-19-24(20,21)14-7-8-17(22-3)15(18)11-14/h4-8,11,19H,9-10H2,1-3H3. The molecule has 2 aromatic rings. The number of nitrogens with one attached hydrogen (secondary N) is 1. The van der Waals surface area contributed by atoms with E-state index < -0.39 is 10.0 Å². The van der Waals surface area contributed by atoms with Crippen LogP contribution in [-0.4, -0.2) is 28.7 Å². The van der Waals surface area contributed by atoms with Crippen molar-refractivity contribution in [1.82, 2.24) is 4.72 Å². The highest BCUT2D eigenvalue weighted by atomic mass is 127. The van der Waals surface area contributed by atoms with Crippen LogP contribution >= 0.6 is 22.6 Å². The summed E-state index contributed by atoms with van der Waals surface area (Å²) in [5, 5.41) is 0. The monoisotopic (exact) mass is 461 g/mol. The minimum absolute atomic E-state index is 0.193. The van der Waals surface area contributed by atoms with Gasteiger partial charge in [0.25, 0.3) is 0 Å². The van der Waals surface area contributed by atoms with E-state index in [4.69, 9.17) is 9.47 Å². The van der Waals surface area contributed by atoms with Crippen LogP contribution in [0.4, 0.5) is 0 Å². The molecule has 0 unspecified atom stereocenters. The molecule has 0 spiro atoms. The largest absolute Gasteiger partial charge is 0.496 e. The van der Waals surface area contributed by atoms with Crippen molar-refractivity contribution in [1.29, 1.82) is 0 Å². The molecule has 0 amide bonds. The maximum atomic E-state index is 12.3. The van der Waals surface area contributed by atoms with Gasteiger partial charge in [-0.25, -0.2) is 13.1 Å². The van der Waals surface area contributed by atoms with Gasteiger partial charge < -0.3 is 9.47 Å². The second-order valence-electron chi connectivity index (χ2n) is 5.24. The Bertz CT molecular complexity index is 821. The molecular formula is C17H20INO4S. The van der Waals surface area contributed by atoms with Crippen LogP contribution in [0.2, 0.25) is 0 Å². The number of benzene rings is 2. The summed E-state index contributed by atoms with van der Waals surface area (Å²) in [6, 6.07) is 10.5. The second kappa shape index (κ2) is 8.17. The third kappa shape index (κ3) is 4.61. The van der Waals surface area contributed by atoms with Gasteiger partial charge in [-0.15, -0.1) is 0 Å². The van der Waals surface area contributed by atoms with E-state index in [0.717, 1.165) is 20.4 Å². The number of halogens is 1. The van der Waals surface area contributed by atoms with Gasteiger partial charge in [-0.3, -0.25) is 0 Å². The zero-order valence-electron chi connectivity index (χ0n) is 13.8. The lowest BCUT2D eigenvalue weighted by Gasteiger charge is -2.12. The zero-order chi connectivity index (χ0) is 17.7. The van der Waals surface area contributed by atoms with Gasteiger partial charge in [-0.2, -0.15) is 0 Å². The normalized spacial score (nSPS) is 11.3. The first kappa shape index (κ1) is 19.0. The molecule has 0 saturated carbocycles. The molecule has 24 heavy (non-hydrogen) atoms. The average molecular weight is 461 g/mol. The van der Waals surface area contributed by atoms with E-state index in [9.17, 15) is 8.42 Å². The molecule has 0 aliphatic heterocycles. The van der Waals surface area contributed by atoms with E-state index in [0.29, 0.717) is 5.75 Å². The minimum atomic E-state index is -3.57. The van der Waals surface area contributed by atoms with Crippen LogP contribution in [0.25, 0.3) is 0 Å². The van der Waals surface area contributed by atoms with Gasteiger partial charge in [0.1, 0.15) is 18.1 Å². The fourth-order valence-corrected chi connectivity index (χ4v) is 4.10. The summed E-state index contributed by atoms with van der Waals surface area (Å²) < 4.78 is 38.7. The predicted octanol–water partition coefficient (Wildman–Crippen LogP) is 3.27. The lowest BCUT2D eigenvalue weighted by molar-refractivity contribution is 0.320. The Balaban J connectivity index is 1.96. The summed E-state index contributed by atoms with van der Waals surface area (Å²) in [6.45, 7) is 4.44. The van der Waals surface area contributed by atoms with Gasteiger partial charge >= 0.3 is 0 Å². The maximum Gasteiger partial charge on any atom is 0.240 e. The Morgan fingerprint density at radius 2 is 1.88 bits per heavy atom. The Hall–Kier alpha value is -1.32. The molecule has 0 fully saturated rings. The lowest BCUT2D eigenvalue weighted by atomic mass is 10.1. The van der Waals surface area contributed by atoms with Crippen LogP contribution in [0, 0.1) is 17.4 Å². The number of hydrogen-bond acceptors (Lipinski definition) is 4. The molecule has 0 aromatic heterocycles. The molecule has 0 bridgehead atoms. The van der Waals surface area contributed by atoms with E-state index >= 15 is 0 Å². The number of sulfonamides is 1. The van der Waals surface area contributed by atoms with Crippen LogP contribution in [0.15, 0.2) is 41.3 Å². The molecule has 0 saturated heterocycles. The molecule has 2 aromatic carbocycles. The first-order chi connectivity index (χ1) is 11.3. The summed E-state index contributed by atoms with van der Waals surface area (Å²) >= 11 is 2.04. The SMILES string of the molecule is COc1ccc(S(=O)(=O)NCCOc2cccc(C)c2C)cc1I. The molecule has 130 valence electrons. The first-order valence-electron chi connectivity index (χ1n) is 7.37. The van der Waals surface area contributed by atoms with Crippen molar-refractivity contribution >= 4 is 32.6 Å². The van der Waals surface area contributed by atoms with Crippen molar-refractivity contribution in [3.8, 4) is 11.5 Å². The van der Waals surface area contributed by atoms with Gasteiger partial charge in [-0.1, -0.05) is 12.1 Å². The van der Waals surface area contributed by atoms with Crippen LogP contribution < -0.4 is 14.2 Å². The van der Waals surface area contributed by atoms with Crippen LogP contribution in [0.5, 0.6) is 11.5 Å². The van der Waals surface area contributed by atoms with Gasteiger partial charge in [0.05, 0.1) is 15.6 Å². The van der Waals surface area contributed by atoms with Crippen molar-refractivity contribution in [3.63, 3.8) is 0 Å². The highest BCUT2D eigenvalue weighted by Gasteiger charge is 2.15. The van der Waals surface area contributed by atoms with Crippen LogP contribution in [0.3, 0.4) is 0 Å². The van der Waals surface area contributed by atoms with Gasteiger partial charge in [0.15, 0.2) is 0 Å². The van der Waals surface area contributed by atoms with Crippen molar-refractivity contribution in [2.24, 2.45) is 0 Å². The number of methoxy groups -OCH3 is 1. The lowest BCUT2D eigenvalue weighted by Crippen LogP contribution is -2.28. The number of ether oxygens (including phenoxy) is 2. The quantitative estimate of drug-likeness (QED) is 0.508. The van der Waals surface area contributed by atoms with Gasteiger partial charge in [0.2, 0.25) is 10.0 Å². The van der Waals surface area contributed by atoms with E-state index in [1.807, 2.05) is 54.6 Å². The molecule has 0 aliphatic rings. The highest BCUT2D eigenvalue weighted by molar-refractivity contribution is 14.1. The van der Waals surface area contributed by atoms with Crippen molar-refractivity contribution in [3.05, 3.63) is 51.1 Å². The van der Waals surface area contributed by atoms with Crippen molar-refractivity contribution in [2.45, 2.75) is 18.7 Å². The molecule has 1 N–H and O–H groups in total. The third-order valence-electron chi connectivity index (χ3n) is 3.64. The molecule has 0 atom stereocenters. The highest BCUT2D eigenvalue weighted by Crippen LogP contribution is 2.24. The van der Waals surface area contributed by atoms with Crippen molar-refractivity contribution < 1.29 is 17.9 Å². The zero-order valence-corrected chi connectivity index (χ0v) is 16.8. The van der Waals surface area contributed by atoms with E-state index in [1.165, 1.54) is 6.07 Å². The minimum Gasteiger partial charge on any atom is -0.496 e. The number of hydrogen-bond donors (Lipinski definition) is 1. The molecular weight excluding hydrogens is 441 g/mol. The molecule has 2 rings (SSSR count). The molecule has 5 nitrogen and oxygen atoms in total. The summed E-state index contributed by atoms with van der Waals surface area (Å²) in [5.41, 5.74) is 2.20. The fourth-order valence-electron chi connectivity index (χ4n) is 2.12. The molecule has 0 aliphatic carbocycles. The molecule has 0 heterocycles. The van der Waals surface area contributed by atoms with Gasteiger partial charge in [-0.05, 0) is 71.8 Å². The third-order valence-corrected chi connectivity index (χ3v) is 5.94. The van der Waals surface area contributed by atoms with Crippen molar-refractivity contribution in [2.75, 3.05) is 20.3 Å². The summed E-state index contributed by atoms with van der Waals surface area (Å²) in [4.78, 5) is 0.208. The first-order valence-corrected chi connectivity index (χ1v) is 9.93. The number of aryl methyl sites for hydroxylation is 1. The fraction of sp³-hybridized carbons (Fsp3) is 0.294. The summed E-state index contributed by atoms with van der Waals surface area (Å²) in [5.74, 6) is 1.42. The van der Waals surface area contributed by atoms with Crippen LogP contribution in [-0.2, 0) is 10.0 Å². The van der Waals surface area contributed by atoms with Crippen LogP contribution in [0.1, 0.15) is 11.1 Å². The molecule has 0 radical (unpaired) electrons. The summed E-state index contributed by atoms with van der Waals surface area (Å²) in [7, 11) is -2.02. The molecule has 7 heteroatoms. The van der Waals surface area contributed by atoms with E-state index in [1.54, 1.807) is 19.2 Å². The Labute approximate surface area is 156 Å². The predicted molar refractivity (Wildman–Crippen MR) is 102 cm³/mol. The topological polar surface area (TPSA) is 64.6 Å². The smallest absolute Gasteiger partial charge is 0.240 e. The second-order valence-corrected chi connectivity index (χ2v) is 8.17. The Morgan fingerprint density at radius 3 is 2.54 bits per heavy atom. The Morgan fingerprint density at radius 1 is 1.12 bits per heavy atom. The van der Waals surface area contributed by atoms with E-state index in [-0.39, 0.29) is 18.0 Å². The summed E-state index contributed by atoms with van der Waals surface area (Å²) in [6.07, 6.45) is 0.